The van der Waals surface area contributed by atoms with Crippen molar-refractivity contribution >= 4 is 46.3 Å². The third-order valence-electron chi connectivity index (χ3n) is 3.40. The van der Waals surface area contributed by atoms with Crippen LogP contribution in [0.5, 0.6) is 0 Å². The summed E-state index contributed by atoms with van der Waals surface area (Å²) in [6.07, 6.45) is 1.43. The molecule has 0 aliphatic heterocycles. The number of nitrogens with one attached hydrogen (secondary N) is 2. The number of carbonyl (C=O) groups excluding carboxylic acids is 1. The van der Waals surface area contributed by atoms with Crippen LogP contribution in [0.1, 0.15) is 10.4 Å². The number of amides is 1. The monoisotopic (exact) mass is 393 g/mol. The van der Waals surface area contributed by atoms with Gasteiger partial charge in [-0.1, -0.05) is 23.2 Å². The smallest absolute Gasteiger partial charge is 0.255 e. The normalized spacial score (nSPS) is 10.5. The second-order valence-corrected chi connectivity index (χ2v) is 6.08. The molecule has 0 spiro atoms. The van der Waals surface area contributed by atoms with Crippen molar-refractivity contribution in [1.29, 1.82) is 0 Å². The zero-order chi connectivity index (χ0) is 18.7. The van der Waals surface area contributed by atoms with Gasteiger partial charge in [0.2, 0.25) is 0 Å². The van der Waals surface area contributed by atoms with Crippen molar-refractivity contribution in [3.05, 3.63) is 82.0 Å². The molecule has 0 radical (unpaired) electrons. The molecule has 0 bridgehead atoms. The van der Waals surface area contributed by atoms with Gasteiger partial charge in [-0.3, -0.25) is 4.79 Å². The summed E-state index contributed by atoms with van der Waals surface area (Å²) in [5.74, 6) is -1.85. The Kier molecular flexibility index (Phi) is 5.35. The molecule has 4 nitrogen and oxygen atoms in total. The number of nitrogens with zero attached hydrogens (tertiary/aromatic N) is 1. The first-order valence-electron chi connectivity index (χ1n) is 7.37. The van der Waals surface area contributed by atoms with Crippen LogP contribution < -0.4 is 10.6 Å². The number of aromatic nitrogens is 1. The van der Waals surface area contributed by atoms with E-state index in [1.807, 2.05) is 0 Å². The highest BCUT2D eigenvalue weighted by Crippen LogP contribution is 2.23. The molecule has 0 saturated carbocycles. The van der Waals surface area contributed by atoms with Gasteiger partial charge in [0.15, 0.2) is 11.6 Å². The molecule has 0 aliphatic carbocycles. The standard InChI is InChI=1S/C18H11Cl2F2N3O/c19-13-4-1-10(7-14(13)20)18(26)25-12-3-6-17(23-9-12)24-11-2-5-15(21)16(22)8-11/h1-9H,(H,23,24)(H,25,26). The van der Waals surface area contributed by atoms with Crippen LogP contribution >= 0.6 is 23.2 Å². The summed E-state index contributed by atoms with van der Waals surface area (Å²) < 4.78 is 26.1. The molecule has 3 rings (SSSR count). The van der Waals surface area contributed by atoms with E-state index in [-0.39, 0.29) is 10.9 Å². The molecule has 26 heavy (non-hydrogen) atoms. The minimum absolute atomic E-state index is 0.281. The lowest BCUT2D eigenvalue weighted by atomic mass is 10.2. The van der Waals surface area contributed by atoms with Gasteiger partial charge in [-0.25, -0.2) is 13.8 Å². The Bertz CT molecular complexity index is 965. The summed E-state index contributed by atoms with van der Waals surface area (Å²) in [5, 5.41) is 6.15. The Morgan fingerprint density at radius 3 is 2.31 bits per heavy atom. The molecule has 0 fully saturated rings. The average molecular weight is 394 g/mol. The summed E-state index contributed by atoms with van der Waals surface area (Å²) in [5.41, 5.74) is 1.16. The van der Waals surface area contributed by atoms with E-state index >= 15 is 0 Å². The second-order valence-electron chi connectivity index (χ2n) is 5.27. The molecule has 2 aromatic carbocycles. The van der Waals surface area contributed by atoms with Gasteiger partial charge in [0, 0.05) is 17.3 Å². The van der Waals surface area contributed by atoms with E-state index in [0.717, 1.165) is 12.1 Å². The fraction of sp³-hybridized carbons (Fsp3) is 0. The minimum Gasteiger partial charge on any atom is -0.340 e. The third kappa shape index (κ3) is 4.28. The maximum absolute atomic E-state index is 13.2. The molecule has 8 heteroatoms. The lowest BCUT2D eigenvalue weighted by Crippen LogP contribution is -2.12. The largest absolute Gasteiger partial charge is 0.340 e. The molecule has 0 unspecified atom stereocenters. The number of rotatable bonds is 4. The van der Waals surface area contributed by atoms with Gasteiger partial charge in [-0.15, -0.1) is 0 Å². The first kappa shape index (κ1) is 18.1. The quantitative estimate of drug-likeness (QED) is 0.600. The lowest BCUT2D eigenvalue weighted by Gasteiger charge is -2.08. The van der Waals surface area contributed by atoms with E-state index in [1.165, 1.54) is 24.4 Å². The number of carbonyl (C=O) groups is 1. The maximum Gasteiger partial charge on any atom is 0.255 e. The minimum atomic E-state index is -0.958. The number of hydrogen-bond acceptors (Lipinski definition) is 3. The Morgan fingerprint density at radius 2 is 1.65 bits per heavy atom. The van der Waals surface area contributed by atoms with E-state index in [9.17, 15) is 13.6 Å². The Balaban J connectivity index is 1.68. The van der Waals surface area contributed by atoms with Crippen molar-refractivity contribution in [2.75, 3.05) is 10.6 Å². The average Bonchev–Trinajstić information content (AvgIpc) is 2.62. The topological polar surface area (TPSA) is 54.0 Å². The molecule has 132 valence electrons. The molecule has 1 amide bonds. The van der Waals surface area contributed by atoms with Gasteiger partial charge in [-0.2, -0.15) is 0 Å². The fourth-order valence-corrected chi connectivity index (χ4v) is 2.40. The molecule has 0 atom stereocenters. The second kappa shape index (κ2) is 7.68. The van der Waals surface area contributed by atoms with Crippen molar-refractivity contribution < 1.29 is 13.6 Å². The van der Waals surface area contributed by atoms with Crippen LogP contribution in [0, 0.1) is 11.6 Å². The Labute approximate surface area is 157 Å². The lowest BCUT2D eigenvalue weighted by molar-refractivity contribution is 0.102. The first-order valence-corrected chi connectivity index (χ1v) is 8.12. The van der Waals surface area contributed by atoms with Crippen molar-refractivity contribution in [1.82, 2.24) is 4.98 Å². The molecule has 1 heterocycles. The number of halogens is 4. The first-order chi connectivity index (χ1) is 12.4. The fourth-order valence-electron chi connectivity index (χ4n) is 2.10. The summed E-state index contributed by atoms with van der Waals surface area (Å²) in [7, 11) is 0. The Morgan fingerprint density at radius 1 is 0.885 bits per heavy atom. The zero-order valence-corrected chi connectivity index (χ0v) is 14.6. The van der Waals surface area contributed by atoms with E-state index in [0.29, 0.717) is 27.8 Å². The number of benzene rings is 2. The summed E-state index contributed by atoms with van der Waals surface area (Å²) in [6, 6.07) is 11.2. The van der Waals surface area contributed by atoms with Gasteiger partial charge >= 0.3 is 0 Å². The maximum atomic E-state index is 13.2. The van der Waals surface area contributed by atoms with Crippen LogP contribution in [0.3, 0.4) is 0 Å². The molecule has 1 aromatic heterocycles. The summed E-state index contributed by atoms with van der Waals surface area (Å²) >= 11 is 11.7. The van der Waals surface area contributed by atoms with E-state index in [1.54, 1.807) is 18.2 Å². The van der Waals surface area contributed by atoms with E-state index in [2.05, 4.69) is 15.6 Å². The van der Waals surface area contributed by atoms with Crippen molar-refractivity contribution in [2.45, 2.75) is 0 Å². The molecule has 2 N–H and O–H groups in total. The van der Waals surface area contributed by atoms with Crippen LogP contribution in [-0.4, -0.2) is 10.9 Å². The van der Waals surface area contributed by atoms with Crippen LogP contribution in [0.4, 0.5) is 26.0 Å². The van der Waals surface area contributed by atoms with Crippen molar-refractivity contribution in [3.8, 4) is 0 Å². The van der Waals surface area contributed by atoms with E-state index < -0.39 is 11.6 Å². The predicted octanol–water partition coefficient (Wildman–Crippen LogP) is 5.66. The number of pyridine rings is 1. The van der Waals surface area contributed by atoms with Crippen LogP contribution in [0.15, 0.2) is 54.7 Å². The molecular formula is C18H11Cl2F2N3O. The molecule has 3 aromatic rings. The highest BCUT2D eigenvalue weighted by Gasteiger charge is 2.09. The summed E-state index contributed by atoms with van der Waals surface area (Å²) in [6.45, 7) is 0. The van der Waals surface area contributed by atoms with E-state index in [4.69, 9.17) is 23.2 Å². The van der Waals surface area contributed by atoms with Crippen LogP contribution in [-0.2, 0) is 0 Å². The zero-order valence-electron chi connectivity index (χ0n) is 13.1. The van der Waals surface area contributed by atoms with Gasteiger partial charge in [0.05, 0.1) is 21.9 Å². The molecule has 0 saturated heterocycles. The highest BCUT2D eigenvalue weighted by atomic mass is 35.5. The Hall–Kier alpha value is -2.70. The van der Waals surface area contributed by atoms with Crippen molar-refractivity contribution in [3.63, 3.8) is 0 Å². The van der Waals surface area contributed by atoms with Gasteiger partial charge in [-0.05, 0) is 42.5 Å². The molecular weight excluding hydrogens is 383 g/mol. The molecule has 0 aliphatic rings. The van der Waals surface area contributed by atoms with Crippen LogP contribution in [0.25, 0.3) is 0 Å². The van der Waals surface area contributed by atoms with Gasteiger partial charge < -0.3 is 10.6 Å². The van der Waals surface area contributed by atoms with Gasteiger partial charge in [0.1, 0.15) is 5.82 Å². The summed E-state index contributed by atoms with van der Waals surface area (Å²) in [4.78, 5) is 16.3. The van der Waals surface area contributed by atoms with Crippen molar-refractivity contribution in [2.24, 2.45) is 0 Å². The SMILES string of the molecule is O=C(Nc1ccc(Nc2ccc(F)c(F)c2)nc1)c1ccc(Cl)c(Cl)c1. The third-order valence-corrected chi connectivity index (χ3v) is 4.13. The van der Waals surface area contributed by atoms with Crippen LogP contribution in [0.2, 0.25) is 10.0 Å². The highest BCUT2D eigenvalue weighted by molar-refractivity contribution is 6.42. The predicted molar refractivity (Wildman–Crippen MR) is 98.3 cm³/mol. The number of hydrogen-bond donors (Lipinski definition) is 2. The number of anilines is 3. The van der Waals surface area contributed by atoms with Gasteiger partial charge in [0.25, 0.3) is 5.91 Å².